The van der Waals surface area contributed by atoms with E-state index in [1.807, 2.05) is 0 Å². The van der Waals surface area contributed by atoms with Crippen LogP contribution >= 0.6 is 11.6 Å². The van der Waals surface area contributed by atoms with Crippen molar-refractivity contribution in [3.05, 3.63) is 34.9 Å². The molecule has 0 aromatic heterocycles. The number of morpholine rings is 1. The molecule has 2 unspecified atom stereocenters. The Balaban J connectivity index is 1.55. The smallest absolute Gasteiger partial charge is 0.253 e. The van der Waals surface area contributed by atoms with Crippen molar-refractivity contribution >= 4 is 29.3 Å². The number of benzene rings is 1. The van der Waals surface area contributed by atoms with Gasteiger partial charge in [0, 0.05) is 36.8 Å². The highest BCUT2D eigenvalue weighted by Gasteiger charge is 2.31. The van der Waals surface area contributed by atoms with E-state index in [1.54, 1.807) is 41.0 Å². The van der Waals surface area contributed by atoms with Crippen molar-refractivity contribution in [3.8, 4) is 0 Å². The van der Waals surface area contributed by atoms with Crippen molar-refractivity contribution in [1.29, 1.82) is 0 Å². The van der Waals surface area contributed by atoms with Gasteiger partial charge in [-0.25, -0.2) is 0 Å². The average Bonchev–Trinajstić information content (AvgIpc) is 2.74. The standard InChI is InChI=1S/C20H26ClN3O4/c1-14(19(26)23-9-11-28-12-10-23)22-18(25)16-3-2-8-24(13-16)20(27)15-4-6-17(21)7-5-15/h4-7,14,16H,2-3,8-13H2,1H3,(H,22,25). The van der Waals surface area contributed by atoms with Crippen molar-refractivity contribution in [1.82, 2.24) is 15.1 Å². The van der Waals surface area contributed by atoms with Crippen molar-refractivity contribution < 1.29 is 19.1 Å². The van der Waals surface area contributed by atoms with Gasteiger partial charge in [-0.2, -0.15) is 0 Å². The van der Waals surface area contributed by atoms with Gasteiger partial charge in [-0.3, -0.25) is 14.4 Å². The molecule has 1 aromatic rings. The molecule has 2 heterocycles. The van der Waals surface area contributed by atoms with E-state index in [4.69, 9.17) is 16.3 Å². The minimum atomic E-state index is -0.590. The molecule has 28 heavy (non-hydrogen) atoms. The maximum Gasteiger partial charge on any atom is 0.253 e. The molecular weight excluding hydrogens is 382 g/mol. The zero-order chi connectivity index (χ0) is 20.1. The zero-order valence-corrected chi connectivity index (χ0v) is 16.8. The molecule has 2 aliphatic heterocycles. The molecule has 0 aliphatic carbocycles. The van der Waals surface area contributed by atoms with Crippen LogP contribution in [0.25, 0.3) is 0 Å². The number of nitrogens with one attached hydrogen (secondary N) is 1. The number of carbonyl (C=O) groups excluding carboxylic acids is 3. The summed E-state index contributed by atoms with van der Waals surface area (Å²) in [5.41, 5.74) is 0.557. The first-order valence-corrected chi connectivity index (χ1v) is 10.1. The first-order chi connectivity index (χ1) is 13.5. The minimum Gasteiger partial charge on any atom is -0.378 e. The van der Waals surface area contributed by atoms with Crippen LogP contribution in [0.4, 0.5) is 0 Å². The highest BCUT2D eigenvalue weighted by Crippen LogP contribution is 2.20. The highest BCUT2D eigenvalue weighted by atomic mass is 35.5. The molecular formula is C20H26ClN3O4. The Hall–Kier alpha value is -2.12. The number of hydrogen-bond acceptors (Lipinski definition) is 4. The summed E-state index contributed by atoms with van der Waals surface area (Å²) in [4.78, 5) is 41.3. The maximum absolute atomic E-state index is 12.7. The van der Waals surface area contributed by atoms with Gasteiger partial charge in [0.2, 0.25) is 11.8 Å². The summed E-state index contributed by atoms with van der Waals surface area (Å²) in [6, 6.07) is 6.16. The van der Waals surface area contributed by atoms with Crippen LogP contribution in [0.3, 0.4) is 0 Å². The normalized spacial score (nSPS) is 21.1. The Kier molecular flexibility index (Phi) is 6.91. The number of piperidine rings is 1. The van der Waals surface area contributed by atoms with Crippen LogP contribution in [0.2, 0.25) is 5.02 Å². The number of likely N-dealkylation sites (tertiary alicyclic amines) is 1. The topological polar surface area (TPSA) is 79.0 Å². The highest BCUT2D eigenvalue weighted by molar-refractivity contribution is 6.30. The van der Waals surface area contributed by atoms with E-state index in [1.165, 1.54) is 0 Å². The number of carbonyl (C=O) groups is 3. The Morgan fingerprint density at radius 1 is 1.11 bits per heavy atom. The summed E-state index contributed by atoms with van der Waals surface area (Å²) in [6.07, 6.45) is 1.46. The fourth-order valence-corrected chi connectivity index (χ4v) is 3.73. The van der Waals surface area contributed by atoms with Crippen LogP contribution in [0.5, 0.6) is 0 Å². The molecule has 8 heteroatoms. The fourth-order valence-electron chi connectivity index (χ4n) is 3.60. The molecule has 0 saturated carbocycles. The lowest BCUT2D eigenvalue weighted by Gasteiger charge is -2.33. The quantitative estimate of drug-likeness (QED) is 0.821. The number of hydrogen-bond donors (Lipinski definition) is 1. The molecule has 2 atom stereocenters. The van der Waals surface area contributed by atoms with Crippen LogP contribution in [0, 0.1) is 5.92 Å². The molecule has 152 valence electrons. The first kappa shape index (κ1) is 20.6. The molecule has 2 saturated heterocycles. The van der Waals surface area contributed by atoms with Crippen LogP contribution in [0.1, 0.15) is 30.1 Å². The molecule has 7 nitrogen and oxygen atoms in total. The van der Waals surface area contributed by atoms with Crippen LogP contribution in [0.15, 0.2) is 24.3 Å². The Morgan fingerprint density at radius 3 is 2.46 bits per heavy atom. The van der Waals surface area contributed by atoms with Crippen molar-refractivity contribution in [2.24, 2.45) is 5.92 Å². The summed E-state index contributed by atoms with van der Waals surface area (Å²) in [7, 11) is 0. The molecule has 3 rings (SSSR count). The van der Waals surface area contributed by atoms with Gasteiger partial charge in [0.15, 0.2) is 0 Å². The van der Waals surface area contributed by atoms with E-state index in [2.05, 4.69) is 5.32 Å². The number of rotatable bonds is 4. The third kappa shape index (κ3) is 5.02. The number of halogens is 1. The van der Waals surface area contributed by atoms with Crippen molar-refractivity contribution in [3.63, 3.8) is 0 Å². The van der Waals surface area contributed by atoms with Crippen LogP contribution < -0.4 is 5.32 Å². The van der Waals surface area contributed by atoms with Gasteiger partial charge >= 0.3 is 0 Å². The molecule has 1 aromatic carbocycles. The average molecular weight is 408 g/mol. The monoisotopic (exact) mass is 407 g/mol. The van der Waals surface area contributed by atoms with Gasteiger partial charge in [-0.1, -0.05) is 11.6 Å². The predicted molar refractivity (Wildman–Crippen MR) is 105 cm³/mol. The molecule has 2 aliphatic rings. The van der Waals surface area contributed by atoms with E-state index in [9.17, 15) is 14.4 Å². The minimum absolute atomic E-state index is 0.0958. The van der Waals surface area contributed by atoms with E-state index in [0.717, 1.165) is 6.42 Å². The Bertz CT molecular complexity index is 719. The molecule has 2 fully saturated rings. The number of ether oxygens (including phenoxy) is 1. The molecule has 1 N–H and O–H groups in total. The lowest BCUT2D eigenvalue weighted by atomic mass is 9.96. The molecule has 0 radical (unpaired) electrons. The van der Waals surface area contributed by atoms with Gasteiger partial charge in [-0.15, -0.1) is 0 Å². The summed E-state index contributed by atoms with van der Waals surface area (Å²) < 4.78 is 5.26. The molecule has 3 amide bonds. The summed E-state index contributed by atoms with van der Waals surface area (Å²) >= 11 is 5.88. The predicted octanol–water partition coefficient (Wildman–Crippen LogP) is 1.56. The van der Waals surface area contributed by atoms with Gasteiger partial charge in [-0.05, 0) is 44.0 Å². The third-order valence-electron chi connectivity index (χ3n) is 5.22. The SMILES string of the molecule is CC(NC(=O)C1CCCN(C(=O)c2ccc(Cl)cc2)C1)C(=O)N1CCOCC1. The second kappa shape index (κ2) is 9.39. The largest absolute Gasteiger partial charge is 0.378 e. The zero-order valence-electron chi connectivity index (χ0n) is 16.0. The van der Waals surface area contributed by atoms with Crippen LogP contribution in [-0.4, -0.2) is 73.0 Å². The summed E-state index contributed by atoms with van der Waals surface area (Å²) in [5.74, 6) is -0.694. The van der Waals surface area contributed by atoms with E-state index < -0.39 is 6.04 Å². The third-order valence-corrected chi connectivity index (χ3v) is 5.47. The fraction of sp³-hybridized carbons (Fsp3) is 0.550. The van der Waals surface area contributed by atoms with Crippen molar-refractivity contribution in [2.45, 2.75) is 25.8 Å². The maximum atomic E-state index is 12.7. The van der Waals surface area contributed by atoms with E-state index in [0.29, 0.717) is 56.4 Å². The number of nitrogens with zero attached hydrogens (tertiary/aromatic N) is 2. The Morgan fingerprint density at radius 2 is 1.79 bits per heavy atom. The Labute approximate surface area is 169 Å². The van der Waals surface area contributed by atoms with Crippen molar-refractivity contribution in [2.75, 3.05) is 39.4 Å². The van der Waals surface area contributed by atoms with Gasteiger partial charge in [0.05, 0.1) is 19.1 Å². The van der Waals surface area contributed by atoms with Crippen LogP contribution in [-0.2, 0) is 14.3 Å². The number of amides is 3. The summed E-state index contributed by atoms with van der Waals surface area (Å²) in [5, 5.41) is 3.40. The van der Waals surface area contributed by atoms with Gasteiger partial charge < -0.3 is 19.9 Å². The molecule has 0 spiro atoms. The van der Waals surface area contributed by atoms with Gasteiger partial charge in [0.1, 0.15) is 6.04 Å². The van der Waals surface area contributed by atoms with E-state index in [-0.39, 0.29) is 23.6 Å². The van der Waals surface area contributed by atoms with E-state index >= 15 is 0 Å². The lowest BCUT2D eigenvalue weighted by Crippen LogP contribution is -2.53. The first-order valence-electron chi connectivity index (χ1n) is 9.67. The second-order valence-corrected chi connectivity index (χ2v) is 7.70. The molecule has 0 bridgehead atoms. The summed E-state index contributed by atoms with van der Waals surface area (Å²) in [6.45, 7) is 4.82. The van der Waals surface area contributed by atoms with Gasteiger partial charge in [0.25, 0.3) is 5.91 Å². The second-order valence-electron chi connectivity index (χ2n) is 7.27. The lowest BCUT2D eigenvalue weighted by molar-refractivity contribution is -0.140.